The summed E-state index contributed by atoms with van der Waals surface area (Å²) in [5, 5.41) is 2.25. The second-order valence-electron chi connectivity index (χ2n) is 8.39. The van der Waals surface area contributed by atoms with Crippen molar-refractivity contribution in [3.63, 3.8) is 0 Å². The summed E-state index contributed by atoms with van der Waals surface area (Å²) in [5.74, 6) is 0.536. The minimum atomic E-state index is -0.779. The Morgan fingerprint density at radius 3 is 2.56 bits per heavy atom. The molecule has 9 heteroatoms. The van der Waals surface area contributed by atoms with E-state index >= 15 is 0 Å². The molecule has 0 aliphatic carbocycles. The summed E-state index contributed by atoms with van der Waals surface area (Å²) in [6.45, 7) is 4.34. The van der Waals surface area contributed by atoms with E-state index in [1.165, 1.54) is 6.08 Å². The molecule has 36 heavy (non-hydrogen) atoms. The quantitative estimate of drug-likeness (QED) is 0.354. The molecule has 182 valence electrons. The molecule has 1 N–H and O–H groups in total. The maximum absolute atomic E-state index is 13.2. The molecule has 0 unspecified atom stereocenters. The molecule has 0 spiro atoms. The molecule has 1 saturated heterocycles. The minimum absolute atomic E-state index is 0.145. The maximum atomic E-state index is 13.2. The zero-order chi connectivity index (χ0) is 25.4. The molecule has 4 amide bonds. The Balaban J connectivity index is 1.35. The van der Waals surface area contributed by atoms with E-state index in [0.717, 1.165) is 21.6 Å². The van der Waals surface area contributed by atoms with Gasteiger partial charge in [0.15, 0.2) is 11.5 Å². The predicted octanol–water partition coefficient (Wildman–Crippen LogP) is 5.04. The highest BCUT2D eigenvalue weighted by Gasteiger charge is 2.36. The topological polar surface area (TPSA) is 94.2 Å². The van der Waals surface area contributed by atoms with Crippen molar-refractivity contribution in [1.29, 1.82) is 0 Å². The fraction of sp³-hybridized carbons (Fsp3) is 0.148. The van der Waals surface area contributed by atoms with Crippen LogP contribution in [-0.4, -0.2) is 24.6 Å². The molecule has 0 atom stereocenters. The van der Waals surface area contributed by atoms with Gasteiger partial charge in [0.1, 0.15) is 17.9 Å². The molecular formula is C27H21BrN2O6. The molecule has 8 nitrogen and oxygen atoms in total. The summed E-state index contributed by atoms with van der Waals surface area (Å²) < 4.78 is 17.3. The van der Waals surface area contributed by atoms with Crippen LogP contribution in [0.5, 0.6) is 17.2 Å². The molecule has 0 radical (unpaired) electrons. The van der Waals surface area contributed by atoms with E-state index in [1.54, 1.807) is 30.3 Å². The van der Waals surface area contributed by atoms with Crippen LogP contribution in [0.3, 0.4) is 0 Å². The van der Waals surface area contributed by atoms with Crippen LogP contribution in [0.4, 0.5) is 10.5 Å². The standard InChI is InChI=1S/C27H21BrN2O6/c1-15-3-6-19(9-16(15)2)30-26(32)20(25(31)29-27(30)33)10-17-4-7-22(21(28)11-17)34-13-18-5-8-23-24(12-18)36-14-35-23/h3-12H,13-14H2,1-2H3,(H,29,31,33)/b20-10+. The van der Waals surface area contributed by atoms with Crippen molar-refractivity contribution in [3.8, 4) is 17.2 Å². The van der Waals surface area contributed by atoms with E-state index in [1.807, 2.05) is 38.1 Å². The van der Waals surface area contributed by atoms with Crippen molar-refractivity contribution < 1.29 is 28.6 Å². The molecule has 5 rings (SSSR count). The van der Waals surface area contributed by atoms with Gasteiger partial charge in [-0.25, -0.2) is 9.69 Å². The highest BCUT2D eigenvalue weighted by molar-refractivity contribution is 9.10. The molecule has 2 aliphatic heterocycles. The number of imide groups is 2. The largest absolute Gasteiger partial charge is 0.488 e. The fourth-order valence-corrected chi connectivity index (χ4v) is 4.35. The average Bonchev–Trinajstić information content (AvgIpc) is 3.31. The lowest BCUT2D eigenvalue weighted by Gasteiger charge is -2.26. The van der Waals surface area contributed by atoms with Crippen LogP contribution in [-0.2, 0) is 16.2 Å². The monoisotopic (exact) mass is 548 g/mol. The number of fused-ring (bicyclic) bond motifs is 1. The Bertz CT molecular complexity index is 1450. The van der Waals surface area contributed by atoms with Gasteiger partial charge in [0.2, 0.25) is 6.79 Å². The molecule has 3 aromatic rings. The van der Waals surface area contributed by atoms with Crippen LogP contribution in [0, 0.1) is 13.8 Å². The van der Waals surface area contributed by atoms with Gasteiger partial charge < -0.3 is 14.2 Å². The Morgan fingerprint density at radius 2 is 1.78 bits per heavy atom. The molecule has 0 saturated carbocycles. The van der Waals surface area contributed by atoms with Gasteiger partial charge >= 0.3 is 6.03 Å². The number of amides is 4. The first-order valence-corrected chi connectivity index (χ1v) is 11.9. The van der Waals surface area contributed by atoms with E-state index in [9.17, 15) is 14.4 Å². The Morgan fingerprint density at radius 1 is 0.972 bits per heavy atom. The van der Waals surface area contributed by atoms with E-state index in [0.29, 0.717) is 39.6 Å². The number of barbiturate groups is 1. The number of carbonyl (C=O) groups excluding carboxylic acids is 3. The number of benzene rings is 3. The number of carbonyl (C=O) groups is 3. The van der Waals surface area contributed by atoms with Crippen LogP contribution in [0.2, 0.25) is 0 Å². The van der Waals surface area contributed by atoms with Crippen molar-refractivity contribution in [2.75, 3.05) is 11.7 Å². The van der Waals surface area contributed by atoms with Crippen LogP contribution >= 0.6 is 15.9 Å². The minimum Gasteiger partial charge on any atom is -0.488 e. The van der Waals surface area contributed by atoms with Gasteiger partial charge in [0.25, 0.3) is 11.8 Å². The number of ether oxygens (including phenoxy) is 3. The Kier molecular flexibility index (Phi) is 6.24. The first kappa shape index (κ1) is 23.6. The van der Waals surface area contributed by atoms with E-state index < -0.39 is 17.8 Å². The highest BCUT2D eigenvalue weighted by Crippen LogP contribution is 2.34. The van der Waals surface area contributed by atoms with Crippen molar-refractivity contribution >= 4 is 45.5 Å². The van der Waals surface area contributed by atoms with Crippen molar-refractivity contribution in [2.45, 2.75) is 20.5 Å². The van der Waals surface area contributed by atoms with Gasteiger partial charge in [-0.05, 0) is 94.5 Å². The lowest BCUT2D eigenvalue weighted by molar-refractivity contribution is -0.122. The summed E-state index contributed by atoms with van der Waals surface area (Å²) in [7, 11) is 0. The van der Waals surface area contributed by atoms with Crippen LogP contribution in [0.25, 0.3) is 6.08 Å². The van der Waals surface area contributed by atoms with E-state index in [2.05, 4.69) is 21.2 Å². The SMILES string of the molecule is Cc1ccc(N2C(=O)NC(=O)/C(=C\c3ccc(OCc4ccc5c(c4)OCO5)c(Br)c3)C2=O)cc1C. The summed E-state index contributed by atoms with van der Waals surface area (Å²) >= 11 is 3.49. The molecule has 1 fully saturated rings. The second-order valence-corrected chi connectivity index (χ2v) is 9.25. The number of hydrogen-bond donors (Lipinski definition) is 1. The summed E-state index contributed by atoms with van der Waals surface area (Å²) in [6.07, 6.45) is 1.45. The molecule has 0 aromatic heterocycles. The van der Waals surface area contributed by atoms with Crippen LogP contribution in [0.1, 0.15) is 22.3 Å². The lowest BCUT2D eigenvalue weighted by Crippen LogP contribution is -2.54. The molecule has 2 heterocycles. The second kappa shape index (κ2) is 9.50. The predicted molar refractivity (Wildman–Crippen MR) is 136 cm³/mol. The van der Waals surface area contributed by atoms with E-state index in [-0.39, 0.29) is 12.4 Å². The van der Waals surface area contributed by atoms with Gasteiger partial charge in [0, 0.05) is 0 Å². The first-order valence-electron chi connectivity index (χ1n) is 11.1. The zero-order valence-electron chi connectivity index (χ0n) is 19.5. The molecule has 3 aromatic carbocycles. The number of urea groups is 1. The number of anilines is 1. The number of nitrogens with one attached hydrogen (secondary N) is 1. The van der Waals surface area contributed by atoms with Crippen molar-refractivity contribution in [2.24, 2.45) is 0 Å². The Labute approximate surface area is 215 Å². The van der Waals surface area contributed by atoms with Gasteiger partial charge in [0.05, 0.1) is 10.2 Å². The van der Waals surface area contributed by atoms with Crippen molar-refractivity contribution in [1.82, 2.24) is 5.32 Å². The molecule has 0 bridgehead atoms. The van der Waals surface area contributed by atoms with E-state index in [4.69, 9.17) is 14.2 Å². The summed E-state index contributed by atoms with van der Waals surface area (Å²) in [6, 6.07) is 15.3. The molecule has 2 aliphatic rings. The van der Waals surface area contributed by atoms with Gasteiger partial charge in [-0.1, -0.05) is 18.2 Å². The maximum Gasteiger partial charge on any atom is 0.335 e. The molecular weight excluding hydrogens is 528 g/mol. The summed E-state index contributed by atoms with van der Waals surface area (Å²) in [4.78, 5) is 39.1. The number of nitrogens with zero attached hydrogens (tertiary/aromatic N) is 1. The third-order valence-corrected chi connectivity index (χ3v) is 6.57. The number of halogens is 1. The highest BCUT2D eigenvalue weighted by atomic mass is 79.9. The number of rotatable bonds is 5. The third kappa shape index (κ3) is 4.57. The van der Waals surface area contributed by atoms with Crippen LogP contribution in [0.15, 0.2) is 64.6 Å². The lowest BCUT2D eigenvalue weighted by atomic mass is 10.1. The normalized spacial score (nSPS) is 15.9. The Hall–Kier alpha value is -4.11. The smallest absolute Gasteiger partial charge is 0.335 e. The summed E-state index contributed by atoms with van der Waals surface area (Å²) in [5.41, 5.74) is 3.71. The number of aryl methyl sites for hydroxylation is 2. The average molecular weight is 549 g/mol. The zero-order valence-corrected chi connectivity index (χ0v) is 21.0. The first-order chi connectivity index (χ1) is 17.3. The third-order valence-electron chi connectivity index (χ3n) is 5.95. The van der Waals surface area contributed by atoms with Crippen molar-refractivity contribution in [3.05, 3.63) is 86.9 Å². The van der Waals surface area contributed by atoms with Crippen LogP contribution < -0.4 is 24.4 Å². The van der Waals surface area contributed by atoms with Gasteiger partial charge in [-0.3, -0.25) is 14.9 Å². The van der Waals surface area contributed by atoms with Gasteiger partial charge in [-0.15, -0.1) is 0 Å². The number of hydrogen-bond acceptors (Lipinski definition) is 6. The fourth-order valence-electron chi connectivity index (χ4n) is 3.84. The van der Waals surface area contributed by atoms with Gasteiger partial charge in [-0.2, -0.15) is 0 Å².